The summed E-state index contributed by atoms with van der Waals surface area (Å²) in [4.78, 5) is 0. The second-order valence-electron chi connectivity index (χ2n) is 5.50. The molecule has 1 aliphatic rings. The average Bonchev–Trinajstić information content (AvgIpc) is 2.35. The van der Waals surface area contributed by atoms with Crippen molar-refractivity contribution >= 4 is 10.0 Å². The third kappa shape index (κ3) is 4.89. The van der Waals surface area contributed by atoms with Crippen LogP contribution in [0.2, 0.25) is 0 Å². The zero-order chi connectivity index (χ0) is 14.4. The van der Waals surface area contributed by atoms with E-state index in [4.69, 9.17) is 0 Å². The molecule has 4 nitrogen and oxygen atoms in total. The van der Waals surface area contributed by atoms with Gasteiger partial charge in [-0.3, -0.25) is 0 Å². The van der Waals surface area contributed by atoms with Crippen molar-refractivity contribution in [2.24, 2.45) is 5.92 Å². The number of hydrogen-bond acceptors (Lipinski definition) is 3. The average molecular weight is 296 g/mol. The van der Waals surface area contributed by atoms with Crippen molar-refractivity contribution < 1.29 is 8.42 Å². The molecule has 1 aromatic carbocycles. The first-order chi connectivity index (χ1) is 9.59. The van der Waals surface area contributed by atoms with E-state index in [2.05, 4.69) is 17.0 Å². The van der Waals surface area contributed by atoms with Crippen LogP contribution in [0.1, 0.15) is 37.3 Å². The molecular weight excluding hydrogens is 272 g/mol. The standard InChI is InChI=1S/C15H24N2O2S/c1-2-16-10-14-6-8-15(9-7-14)12-20(18,19)17-11-13-4-3-5-13/h6-9,13,16-17H,2-5,10-12H2,1H3. The van der Waals surface area contributed by atoms with Crippen molar-refractivity contribution in [1.82, 2.24) is 10.0 Å². The lowest BCUT2D eigenvalue weighted by Gasteiger charge is -2.25. The zero-order valence-corrected chi connectivity index (χ0v) is 12.9. The first-order valence-corrected chi connectivity index (χ1v) is 9.00. The van der Waals surface area contributed by atoms with E-state index in [1.165, 1.54) is 12.0 Å². The molecule has 1 saturated carbocycles. The first-order valence-electron chi connectivity index (χ1n) is 7.35. The highest BCUT2D eigenvalue weighted by Crippen LogP contribution is 2.25. The van der Waals surface area contributed by atoms with E-state index in [0.717, 1.165) is 31.5 Å². The SMILES string of the molecule is CCNCc1ccc(CS(=O)(=O)NCC2CCC2)cc1. The predicted molar refractivity (Wildman–Crippen MR) is 81.8 cm³/mol. The summed E-state index contributed by atoms with van der Waals surface area (Å²) in [6.45, 7) is 4.42. The van der Waals surface area contributed by atoms with Gasteiger partial charge in [0.15, 0.2) is 0 Å². The molecule has 0 aromatic heterocycles. The van der Waals surface area contributed by atoms with Gasteiger partial charge < -0.3 is 5.32 Å². The van der Waals surface area contributed by atoms with E-state index in [0.29, 0.717) is 12.5 Å². The maximum absolute atomic E-state index is 12.0. The summed E-state index contributed by atoms with van der Waals surface area (Å²) in [7, 11) is -3.20. The summed E-state index contributed by atoms with van der Waals surface area (Å²) >= 11 is 0. The Morgan fingerprint density at radius 1 is 1.15 bits per heavy atom. The summed E-state index contributed by atoms with van der Waals surface area (Å²) in [5.41, 5.74) is 2.02. The lowest BCUT2D eigenvalue weighted by molar-refractivity contribution is 0.316. The largest absolute Gasteiger partial charge is 0.313 e. The molecule has 1 aromatic rings. The summed E-state index contributed by atoms with van der Waals surface area (Å²) < 4.78 is 26.7. The Balaban J connectivity index is 1.84. The Kier molecular flexibility index (Phi) is 5.57. The number of benzene rings is 1. The molecule has 0 atom stereocenters. The molecule has 0 aliphatic heterocycles. The summed E-state index contributed by atoms with van der Waals surface area (Å²) in [6, 6.07) is 7.77. The second kappa shape index (κ2) is 7.20. The number of rotatable bonds is 8. The Hall–Kier alpha value is -0.910. The van der Waals surface area contributed by atoms with Crippen LogP contribution < -0.4 is 10.0 Å². The van der Waals surface area contributed by atoms with Crippen molar-refractivity contribution in [3.8, 4) is 0 Å². The Morgan fingerprint density at radius 2 is 1.80 bits per heavy atom. The van der Waals surface area contributed by atoms with Gasteiger partial charge in [-0.15, -0.1) is 0 Å². The van der Waals surface area contributed by atoms with Gasteiger partial charge in [-0.05, 0) is 36.4 Å². The maximum atomic E-state index is 12.0. The normalized spacial score (nSPS) is 16.1. The molecule has 5 heteroatoms. The second-order valence-corrected chi connectivity index (χ2v) is 7.31. The Labute approximate surface area is 122 Å². The van der Waals surface area contributed by atoms with Crippen LogP contribution in [0.25, 0.3) is 0 Å². The van der Waals surface area contributed by atoms with Gasteiger partial charge in [-0.2, -0.15) is 0 Å². The molecule has 1 fully saturated rings. The number of nitrogens with one attached hydrogen (secondary N) is 2. The molecule has 20 heavy (non-hydrogen) atoms. The first kappa shape index (κ1) is 15.5. The van der Waals surface area contributed by atoms with Crippen molar-refractivity contribution in [2.75, 3.05) is 13.1 Å². The van der Waals surface area contributed by atoms with Gasteiger partial charge in [0.25, 0.3) is 0 Å². The number of sulfonamides is 1. The van der Waals surface area contributed by atoms with Gasteiger partial charge in [0.05, 0.1) is 5.75 Å². The van der Waals surface area contributed by atoms with Gasteiger partial charge in [0.2, 0.25) is 10.0 Å². The molecule has 1 aliphatic carbocycles. The zero-order valence-electron chi connectivity index (χ0n) is 12.1. The minimum atomic E-state index is -3.20. The van der Waals surface area contributed by atoms with Crippen LogP contribution in [0.15, 0.2) is 24.3 Å². The van der Waals surface area contributed by atoms with Gasteiger partial charge in [-0.1, -0.05) is 37.6 Å². The molecule has 2 N–H and O–H groups in total. The molecular formula is C15H24N2O2S. The number of hydrogen-bond donors (Lipinski definition) is 2. The highest BCUT2D eigenvalue weighted by molar-refractivity contribution is 7.88. The molecule has 0 amide bonds. The topological polar surface area (TPSA) is 58.2 Å². The molecule has 0 spiro atoms. The summed E-state index contributed by atoms with van der Waals surface area (Å²) in [5.74, 6) is 0.619. The summed E-state index contributed by atoms with van der Waals surface area (Å²) in [6.07, 6.45) is 3.54. The molecule has 0 saturated heterocycles. The minimum Gasteiger partial charge on any atom is -0.313 e. The van der Waals surface area contributed by atoms with Crippen LogP contribution in [-0.2, 0) is 22.3 Å². The molecule has 2 rings (SSSR count). The fourth-order valence-corrected chi connectivity index (χ4v) is 3.46. The summed E-state index contributed by atoms with van der Waals surface area (Å²) in [5, 5.41) is 3.25. The van der Waals surface area contributed by atoms with Crippen LogP contribution >= 0.6 is 0 Å². The highest BCUT2D eigenvalue weighted by Gasteiger charge is 2.20. The van der Waals surface area contributed by atoms with E-state index in [1.807, 2.05) is 24.3 Å². The van der Waals surface area contributed by atoms with Crippen LogP contribution in [-0.4, -0.2) is 21.5 Å². The minimum absolute atomic E-state index is 0.0706. The molecule has 0 heterocycles. The van der Waals surface area contributed by atoms with E-state index in [9.17, 15) is 8.42 Å². The lowest BCUT2D eigenvalue weighted by Crippen LogP contribution is -2.33. The van der Waals surface area contributed by atoms with E-state index in [-0.39, 0.29) is 5.75 Å². The fourth-order valence-electron chi connectivity index (χ4n) is 2.23. The van der Waals surface area contributed by atoms with Crippen LogP contribution in [0, 0.1) is 5.92 Å². The Bertz CT molecular complexity index is 507. The van der Waals surface area contributed by atoms with E-state index in [1.54, 1.807) is 0 Å². The fraction of sp³-hybridized carbons (Fsp3) is 0.600. The smallest absolute Gasteiger partial charge is 0.215 e. The van der Waals surface area contributed by atoms with Crippen molar-refractivity contribution in [1.29, 1.82) is 0 Å². The Morgan fingerprint density at radius 3 is 2.35 bits per heavy atom. The monoisotopic (exact) mass is 296 g/mol. The predicted octanol–water partition coefficient (Wildman–Crippen LogP) is 2.02. The van der Waals surface area contributed by atoms with Crippen LogP contribution in [0.3, 0.4) is 0 Å². The maximum Gasteiger partial charge on any atom is 0.215 e. The van der Waals surface area contributed by atoms with E-state index >= 15 is 0 Å². The molecule has 0 bridgehead atoms. The van der Waals surface area contributed by atoms with E-state index < -0.39 is 10.0 Å². The third-order valence-electron chi connectivity index (χ3n) is 3.78. The molecule has 112 valence electrons. The van der Waals surface area contributed by atoms with Crippen LogP contribution in [0.4, 0.5) is 0 Å². The molecule has 0 radical (unpaired) electrons. The van der Waals surface area contributed by atoms with Crippen molar-refractivity contribution in [2.45, 2.75) is 38.5 Å². The van der Waals surface area contributed by atoms with Gasteiger partial charge in [0, 0.05) is 13.1 Å². The van der Waals surface area contributed by atoms with Crippen LogP contribution in [0.5, 0.6) is 0 Å². The van der Waals surface area contributed by atoms with Gasteiger partial charge in [-0.25, -0.2) is 13.1 Å². The quantitative estimate of drug-likeness (QED) is 0.771. The van der Waals surface area contributed by atoms with Gasteiger partial charge >= 0.3 is 0 Å². The lowest BCUT2D eigenvalue weighted by atomic mass is 9.86. The molecule has 0 unspecified atom stereocenters. The van der Waals surface area contributed by atoms with Crippen molar-refractivity contribution in [3.05, 3.63) is 35.4 Å². The highest BCUT2D eigenvalue weighted by atomic mass is 32.2. The third-order valence-corrected chi connectivity index (χ3v) is 5.10. The van der Waals surface area contributed by atoms with Crippen molar-refractivity contribution in [3.63, 3.8) is 0 Å². The van der Waals surface area contributed by atoms with Gasteiger partial charge in [0.1, 0.15) is 0 Å².